The summed E-state index contributed by atoms with van der Waals surface area (Å²) in [6.45, 7) is 0.487. The van der Waals surface area contributed by atoms with Gasteiger partial charge in [-0.3, -0.25) is 9.59 Å². The molecule has 0 N–H and O–H groups in total. The molecule has 0 saturated heterocycles. The third kappa shape index (κ3) is 5.08. The van der Waals surface area contributed by atoms with Crippen molar-refractivity contribution in [2.45, 2.75) is 19.4 Å². The number of aryl methyl sites for hydroxylation is 1. The normalized spacial score (nSPS) is 10.6. The molecule has 0 aliphatic heterocycles. The van der Waals surface area contributed by atoms with Crippen molar-refractivity contribution in [3.05, 3.63) is 93.4 Å². The summed E-state index contributed by atoms with van der Waals surface area (Å²) in [6.07, 6.45) is 2.87. The van der Waals surface area contributed by atoms with Crippen LogP contribution in [0.4, 0.5) is 0 Å². The molecule has 1 aromatic heterocycles. The number of hydrogen-bond acceptors (Lipinski definition) is 3. The molecule has 0 bridgehead atoms. The summed E-state index contributed by atoms with van der Waals surface area (Å²) < 4.78 is 6.35. The number of carbonyl (C=O) groups is 1. The minimum absolute atomic E-state index is 0.0524. The monoisotopic (exact) mass is 381 g/mol. The highest BCUT2D eigenvalue weighted by molar-refractivity contribution is 6.30. The van der Waals surface area contributed by atoms with Crippen molar-refractivity contribution in [3.63, 3.8) is 0 Å². The van der Waals surface area contributed by atoms with Gasteiger partial charge in [0.25, 0.3) is 5.56 Å². The number of hydrogen-bond donors (Lipinski definition) is 0. The second kappa shape index (κ2) is 8.69. The molecule has 138 valence electrons. The first-order valence-corrected chi connectivity index (χ1v) is 9.04. The van der Waals surface area contributed by atoms with E-state index in [0.717, 1.165) is 22.3 Å². The number of ether oxygens (including phenoxy) is 1. The van der Waals surface area contributed by atoms with E-state index in [4.69, 9.17) is 11.6 Å². The average molecular weight is 382 g/mol. The Balaban J connectivity index is 1.77. The van der Waals surface area contributed by atoms with E-state index in [1.807, 2.05) is 60.8 Å². The Hall–Kier alpha value is -2.85. The molecule has 3 rings (SSSR count). The number of rotatable bonds is 6. The van der Waals surface area contributed by atoms with Crippen molar-refractivity contribution in [2.24, 2.45) is 0 Å². The van der Waals surface area contributed by atoms with Gasteiger partial charge in [0, 0.05) is 23.7 Å². The van der Waals surface area contributed by atoms with Gasteiger partial charge in [0.15, 0.2) is 0 Å². The highest BCUT2D eigenvalue weighted by atomic mass is 35.5. The lowest BCUT2D eigenvalue weighted by molar-refractivity contribution is -0.140. The maximum absolute atomic E-state index is 12.2. The van der Waals surface area contributed by atoms with E-state index in [-0.39, 0.29) is 11.5 Å². The molecule has 2 aromatic carbocycles. The largest absolute Gasteiger partial charge is 0.469 e. The summed E-state index contributed by atoms with van der Waals surface area (Å²) in [6, 6.07) is 18.9. The Morgan fingerprint density at radius 2 is 1.56 bits per heavy atom. The van der Waals surface area contributed by atoms with Crippen LogP contribution in [0.25, 0.3) is 11.1 Å². The van der Waals surface area contributed by atoms with E-state index in [1.54, 1.807) is 10.6 Å². The van der Waals surface area contributed by atoms with Gasteiger partial charge in [-0.2, -0.15) is 0 Å². The second-order valence-corrected chi connectivity index (χ2v) is 6.72. The number of nitrogens with zero attached hydrogens (tertiary/aromatic N) is 1. The predicted molar refractivity (Wildman–Crippen MR) is 107 cm³/mol. The Kier molecular flexibility index (Phi) is 6.09. The lowest BCUT2D eigenvalue weighted by Crippen LogP contribution is -2.19. The van der Waals surface area contributed by atoms with E-state index in [2.05, 4.69) is 4.74 Å². The van der Waals surface area contributed by atoms with Crippen LogP contribution >= 0.6 is 11.6 Å². The molecule has 4 nitrogen and oxygen atoms in total. The molecule has 3 aromatic rings. The third-order valence-electron chi connectivity index (χ3n) is 4.38. The molecule has 0 radical (unpaired) electrons. The summed E-state index contributed by atoms with van der Waals surface area (Å²) in [4.78, 5) is 23.4. The molecule has 0 fully saturated rings. The van der Waals surface area contributed by atoms with E-state index < -0.39 is 0 Å². The highest BCUT2D eigenvalue weighted by Crippen LogP contribution is 2.20. The second-order valence-electron chi connectivity index (χ2n) is 6.28. The Morgan fingerprint density at radius 1 is 0.926 bits per heavy atom. The molecule has 0 amide bonds. The van der Waals surface area contributed by atoms with Crippen molar-refractivity contribution in [2.75, 3.05) is 7.11 Å². The lowest BCUT2D eigenvalue weighted by atomic mass is 10.0. The molecular formula is C22H20ClNO3. The molecule has 5 heteroatoms. The predicted octanol–water partition coefficient (Wildman–Crippen LogP) is 4.32. The van der Waals surface area contributed by atoms with Gasteiger partial charge in [0.05, 0.1) is 13.7 Å². The van der Waals surface area contributed by atoms with Crippen LogP contribution in [0.3, 0.4) is 0 Å². The molecule has 0 saturated carbocycles. The van der Waals surface area contributed by atoms with Gasteiger partial charge in [0.1, 0.15) is 0 Å². The average Bonchev–Trinajstić information content (AvgIpc) is 2.70. The first-order valence-electron chi connectivity index (χ1n) is 8.66. The Labute approximate surface area is 163 Å². The number of esters is 1. The Bertz CT molecular complexity index is 976. The quantitative estimate of drug-likeness (QED) is 0.597. The van der Waals surface area contributed by atoms with Gasteiger partial charge >= 0.3 is 5.97 Å². The molecular weight excluding hydrogens is 362 g/mol. The molecule has 0 spiro atoms. The van der Waals surface area contributed by atoms with Crippen molar-refractivity contribution >= 4 is 17.6 Å². The SMILES string of the molecule is COC(=O)CCc1ccc(-c2ccc(=O)n(Cc3ccc(Cl)cc3)c2)cc1. The summed E-state index contributed by atoms with van der Waals surface area (Å²) in [5.41, 5.74) is 4.00. The van der Waals surface area contributed by atoms with Crippen LogP contribution in [-0.4, -0.2) is 17.6 Å². The summed E-state index contributed by atoms with van der Waals surface area (Å²) in [5.74, 6) is -0.214. The zero-order chi connectivity index (χ0) is 19.2. The van der Waals surface area contributed by atoms with Crippen molar-refractivity contribution in [1.82, 2.24) is 4.57 Å². The molecule has 1 heterocycles. The number of benzene rings is 2. The van der Waals surface area contributed by atoms with Crippen LogP contribution in [-0.2, 0) is 22.5 Å². The number of halogens is 1. The van der Waals surface area contributed by atoms with Crippen LogP contribution in [0, 0.1) is 0 Å². The minimum Gasteiger partial charge on any atom is -0.469 e. The minimum atomic E-state index is -0.214. The fourth-order valence-electron chi connectivity index (χ4n) is 2.82. The molecule has 0 aliphatic rings. The lowest BCUT2D eigenvalue weighted by Gasteiger charge is -2.10. The number of pyridine rings is 1. The Morgan fingerprint density at radius 3 is 2.22 bits per heavy atom. The molecule has 0 aliphatic carbocycles. The van der Waals surface area contributed by atoms with E-state index in [1.165, 1.54) is 7.11 Å². The van der Waals surface area contributed by atoms with Crippen LogP contribution in [0.5, 0.6) is 0 Å². The zero-order valence-corrected chi connectivity index (χ0v) is 15.8. The number of methoxy groups -OCH3 is 1. The first kappa shape index (κ1) is 18.9. The maximum Gasteiger partial charge on any atom is 0.305 e. The zero-order valence-electron chi connectivity index (χ0n) is 15.0. The molecule has 0 atom stereocenters. The topological polar surface area (TPSA) is 48.3 Å². The van der Waals surface area contributed by atoms with E-state index >= 15 is 0 Å². The standard InChI is InChI=1S/C22H20ClNO3/c1-27-22(26)13-6-16-2-7-18(8-3-16)19-9-12-21(25)24(15-19)14-17-4-10-20(23)11-5-17/h2-5,7-12,15H,6,13-14H2,1H3. The molecule has 27 heavy (non-hydrogen) atoms. The van der Waals surface area contributed by atoms with Crippen LogP contribution in [0.15, 0.2) is 71.7 Å². The van der Waals surface area contributed by atoms with Gasteiger partial charge < -0.3 is 9.30 Å². The van der Waals surface area contributed by atoms with E-state index in [0.29, 0.717) is 24.4 Å². The van der Waals surface area contributed by atoms with Gasteiger partial charge in [-0.05, 0) is 46.9 Å². The van der Waals surface area contributed by atoms with Gasteiger partial charge in [-0.25, -0.2) is 0 Å². The highest BCUT2D eigenvalue weighted by Gasteiger charge is 2.05. The van der Waals surface area contributed by atoms with Crippen LogP contribution < -0.4 is 5.56 Å². The van der Waals surface area contributed by atoms with Crippen molar-refractivity contribution in [3.8, 4) is 11.1 Å². The van der Waals surface area contributed by atoms with Crippen LogP contribution in [0.1, 0.15) is 17.5 Å². The van der Waals surface area contributed by atoms with Crippen molar-refractivity contribution < 1.29 is 9.53 Å². The third-order valence-corrected chi connectivity index (χ3v) is 4.63. The fourth-order valence-corrected chi connectivity index (χ4v) is 2.95. The van der Waals surface area contributed by atoms with Crippen LogP contribution in [0.2, 0.25) is 5.02 Å². The maximum atomic E-state index is 12.2. The first-order chi connectivity index (χ1) is 13.0. The van der Waals surface area contributed by atoms with Crippen molar-refractivity contribution in [1.29, 1.82) is 0 Å². The summed E-state index contributed by atoms with van der Waals surface area (Å²) in [7, 11) is 1.39. The fraction of sp³-hybridized carbons (Fsp3) is 0.182. The number of carbonyl (C=O) groups excluding carboxylic acids is 1. The van der Waals surface area contributed by atoms with Gasteiger partial charge in [-0.15, -0.1) is 0 Å². The summed E-state index contributed by atoms with van der Waals surface area (Å²) in [5, 5.41) is 0.673. The van der Waals surface area contributed by atoms with Gasteiger partial charge in [-0.1, -0.05) is 48.0 Å². The molecule has 0 unspecified atom stereocenters. The van der Waals surface area contributed by atoms with E-state index in [9.17, 15) is 9.59 Å². The van der Waals surface area contributed by atoms with Gasteiger partial charge in [0.2, 0.25) is 0 Å². The number of aromatic nitrogens is 1. The summed E-state index contributed by atoms with van der Waals surface area (Å²) >= 11 is 5.92. The smallest absolute Gasteiger partial charge is 0.305 e.